The highest BCUT2D eigenvalue weighted by Gasteiger charge is 2.19. The molecule has 0 heterocycles. The minimum absolute atomic E-state index is 0.0403. The lowest BCUT2D eigenvalue weighted by Crippen LogP contribution is -2.31. The molecule has 0 aliphatic rings. The number of hydrogen-bond donors (Lipinski definition) is 1. The third-order valence-corrected chi connectivity index (χ3v) is 3.86. The van der Waals surface area contributed by atoms with Crippen LogP contribution >= 0.6 is 11.6 Å². The average Bonchev–Trinajstić information content (AvgIpc) is 2.57. The van der Waals surface area contributed by atoms with E-state index in [0.29, 0.717) is 5.69 Å². The number of carbonyl (C=O) groups excluding carboxylic acids is 2. The first kappa shape index (κ1) is 19.7. The molecule has 5 nitrogen and oxygen atoms in total. The van der Waals surface area contributed by atoms with Crippen molar-refractivity contribution < 1.29 is 23.5 Å². The molecular weight excluding hydrogens is 361 g/mol. The number of hydrogen-bond acceptors (Lipinski definition) is 4. The summed E-state index contributed by atoms with van der Waals surface area (Å²) < 4.78 is 23.2. The van der Waals surface area contributed by atoms with E-state index in [1.54, 1.807) is 0 Å². The van der Waals surface area contributed by atoms with Gasteiger partial charge in [0.15, 0.2) is 12.7 Å². The monoisotopic (exact) mass is 379 g/mol. The van der Waals surface area contributed by atoms with Crippen LogP contribution in [0.2, 0.25) is 5.02 Å². The van der Waals surface area contributed by atoms with E-state index in [2.05, 4.69) is 5.32 Å². The van der Waals surface area contributed by atoms with Gasteiger partial charge in [0.05, 0.1) is 5.02 Å². The Labute approximate surface area is 156 Å². The number of ether oxygens (including phenoxy) is 2. The molecular formula is C19H19ClFNO4. The van der Waals surface area contributed by atoms with Gasteiger partial charge in [0.2, 0.25) is 0 Å². The molecule has 0 radical (unpaired) electrons. The smallest absolute Gasteiger partial charge is 0.344 e. The Morgan fingerprint density at radius 3 is 2.62 bits per heavy atom. The number of halogens is 2. The van der Waals surface area contributed by atoms with E-state index in [9.17, 15) is 14.0 Å². The molecule has 26 heavy (non-hydrogen) atoms. The molecule has 2 aromatic carbocycles. The summed E-state index contributed by atoms with van der Waals surface area (Å²) in [6.07, 6.45) is -1.00. The zero-order valence-electron chi connectivity index (χ0n) is 14.6. The van der Waals surface area contributed by atoms with E-state index in [-0.39, 0.29) is 10.8 Å². The molecule has 0 bridgehead atoms. The molecule has 0 aliphatic carbocycles. The van der Waals surface area contributed by atoms with Gasteiger partial charge in [-0.25, -0.2) is 9.18 Å². The Morgan fingerprint density at radius 1 is 1.19 bits per heavy atom. The first-order chi connectivity index (χ1) is 12.3. The summed E-state index contributed by atoms with van der Waals surface area (Å²) in [5.41, 5.74) is 2.56. The van der Waals surface area contributed by atoms with E-state index in [1.807, 2.05) is 32.0 Å². The lowest BCUT2D eigenvalue weighted by molar-refractivity contribution is -0.155. The molecule has 0 saturated heterocycles. The average molecular weight is 380 g/mol. The minimum Gasteiger partial charge on any atom is -0.480 e. The van der Waals surface area contributed by atoms with Crippen LogP contribution in [0.15, 0.2) is 36.4 Å². The van der Waals surface area contributed by atoms with Crippen molar-refractivity contribution >= 4 is 29.2 Å². The van der Waals surface area contributed by atoms with Crippen molar-refractivity contribution in [2.75, 3.05) is 11.9 Å². The Kier molecular flexibility index (Phi) is 6.58. The number of amides is 1. The maximum Gasteiger partial charge on any atom is 0.344 e. The van der Waals surface area contributed by atoms with Gasteiger partial charge in [-0.15, -0.1) is 0 Å². The van der Waals surface area contributed by atoms with Crippen molar-refractivity contribution in [1.29, 1.82) is 0 Å². The van der Waals surface area contributed by atoms with Gasteiger partial charge in [-0.05, 0) is 56.2 Å². The fourth-order valence-corrected chi connectivity index (χ4v) is 2.34. The minimum atomic E-state index is -1.00. The van der Waals surface area contributed by atoms with Gasteiger partial charge >= 0.3 is 5.97 Å². The Hall–Kier alpha value is -2.60. The molecule has 0 spiro atoms. The van der Waals surface area contributed by atoms with Crippen LogP contribution in [0.3, 0.4) is 0 Å². The summed E-state index contributed by atoms with van der Waals surface area (Å²) in [5.74, 6) is -1.56. The largest absolute Gasteiger partial charge is 0.480 e. The molecule has 0 saturated carbocycles. The number of benzene rings is 2. The summed E-state index contributed by atoms with van der Waals surface area (Å²) >= 11 is 5.81. The molecule has 1 atom stereocenters. The van der Waals surface area contributed by atoms with Crippen LogP contribution in [-0.4, -0.2) is 24.6 Å². The van der Waals surface area contributed by atoms with E-state index in [0.717, 1.165) is 23.3 Å². The highest BCUT2D eigenvalue weighted by atomic mass is 35.5. The molecule has 2 rings (SSSR count). The SMILES string of the molecule is Cc1ccc(C)c(NC(=O)[C@@H](C)OC(=O)COc2ccc(F)cc2Cl)c1. The maximum atomic E-state index is 13.0. The van der Waals surface area contributed by atoms with Gasteiger partial charge in [0, 0.05) is 5.69 Å². The Balaban J connectivity index is 1.87. The van der Waals surface area contributed by atoms with Crippen LogP contribution in [-0.2, 0) is 14.3 Å². The quantitative estimate of drug-likeness (QED) is 0.769. The molecule has 7 heteroatoms. The topological polar surface area (TPSA) is 64.6 Å². The summed E-state index contributed by atoms with van der Waals surface area (Å²) in [4.78, 5) is 24.0. The first-order valence-electron chi connectivity index (χ1n) is 7.91. The van der Waals surface area contributed by atoms with Crippen LogP contribution in [0.25, 0.3) is 0 Å². The van der Waals surface area contributed by atoms with E-state index in [1.165, 1.54) is 13.0 Å². The highest BCUT2D eigenvalue weighted by Crippen LogP contribution is 2.24. The number of anilines is 1. The van der Waals surface area contributed by atoms with Crippen LogP contribution in [0, 0.1) is 19.7 Å². The fraction of sp³-hybridized carbons (Fsp3) is 0.263. The van der Waals surface area contributed by atoms with Gasteiger partial charge in [0.25, 0.3) is 5.91 Å². The predicted octanol–water partition coefficient (Wildman–Crippen LogP) is 4.05. The van der Waals surface area contributed by atoms with Crippen molar-refractivity contribution in [3.05, 3.63) is 58.4 Å². The first-order valence-corrected chi connectivity index (χ1v) is 8.29. The molecule has 2 aromatic rings. The van der Waals surface area contributed by atoms with Gasteiger partial charge < -0.3 is 14.8 Å². The van der Waals surface area contributed by atoms with Crippen molar-refractivity contribution in [2.45, 2.75) is 26.9 Å². The van der Waals surface area contributed by atoms with Gasteiger partial charge in [0.1, 0.15) is 11.6 Å². The summed E-state index contributed by atoms with van der Waals surface area (Å²) in [6, 6.07) is 9.20. The van der Waals surface area contributed by atoms with Gasteiger partial charge in [-0.3, -0.25) is 4.79 Å². The highest BCUT2D eigenvalue weighted by molar-refractivity contribution is 6.32. The Bertz CT molecular complexity index is 825. The predicted molar refractivity (Wildman–Crippen MR) is 97.0 cm³/mol. The molecule has 0 fully saturated rings. The second-order valence-corrected chi connectivity index (χ2v) is 6.21. The second kappa shape index (κ2) is 8.67. The number of esters is 1. The van der Waals surface area contributed by atoms with Gasteiger partial charge in [-0.2, -0.15) is 0 Å². The second-order valence-electron chi connectivity index (χ2n) is 5.80. The molecule has 0 aromatic heterocycles. The van der Waals surface area contributed by atoms with Crippen LogP contribution < -0.4 is 10.1 Å². The van der Waals surface area contributed by atoms with Crippen molar-refractivity contribution in [3.8, 4) is 5.75 Å². The third kappa shape index (κ3) is 5.46. The number of aryl methyl sites for hydroxylation is 2. The number of carbonyl (C=O) groups is 2. The maximum absolute atomic E-state index is 13.0. The zero-order chi connectivity index (χ0) is 19.3. The van der Waals surface area contributed by atoms with Crippen LogP contribution in [0.5, 0.6) is 5.75 Å². The number of nitrogens with one attached hydrogen (secondary N) is 1. The third-order valence-electron chi connectivity index (χ3n) is 3.57. The summed E-state index contributed by atoms with van der Waals surface area (Å²) in [5, 5.41) is 2.77. The van der Waals surface area contributed by atoms with E-state index in [4.69, 9.17) is 21.1 Å². The Morgan fingerprint density at radius 2 is 1.92 bits per heavy atom. The van der Waals surface area contributed by atoms with Gasteiger partial charge in [-0.1, -0.05) is 23.7 Å². The van der Waals surface area contributed by atoms with E-state index < -0.39 is 30.4 Å². The number of rotatable bonds is 6. The van der Waals surface area contributed by atoms with Crippen molar-refractivity contribution in [2.24, 2.45) is 0 Å². The zero-order valence-corrected chi connectivity index (χ0v) is 15.4. The summed E-state index contributed by atoms with van der Waals surface area (Å²) in [6.45, 7) is 4.79. The lowest BCUT2D eigenvalue weighted by Gasteiger charge is -2.15. The van der Waals surface area contributed by atoms with Crippen molar-refractivity contribution in [1.82, 2.24) is 0 Å². The fourth-order valence-electron chi connectivity index (χ4n) is 2.12. The standard InChI is InChI=1S/C19H19ClFNO4/c1-11-4-5-12(2)16(8-11)22-19(24)13(3)26-18(23)10-25-17-7-6-14(21)9-15(17)20/h4-9,13H,10H2,1-3H3,(H,22,24)/t13-/m1/s1. The van der Waals surface area contributed by atoms with Crippen LogP contribution in [0.4, 0.5) is 10.1 Å². The van der Waals surface area contributed by atoms with Crippen LogP contribution in [0.1, 0.15) is 18.1 Å². The van der Waals surface area contributed by atoms with Crippen molar-refractivity contribution in [3.63, 3.8) is 0 Å². The molecule has 138 valence electrons. The normalized spacial score (nSPS) is 11.6. The van der Waals surface area contributed by atoms with E-state index >= 15 is 0 Å². The molecule has 1 amide bonds. The lowest BCUT2D eigenvalue weighted by atomic mass is 10.1. The molecule has 0 unspecified atom stereocenters. The summed E-state index contributed by atoms with van der Waals surface area (Å²) in [7, 11) is 0. The molecule has 0 aliphatic heterocycles. The molecule has 1 N–H and O–H groups in total.